The van der Waals surface area contributed by atoms with Crippen LogP contribution in [0.1, 0.15) is 12.6 Å². The summed E-state index contributed by atoms with van der Waals surface area (Å²) >= 11 is 2.74. The predicted octanol–water partition coefficient (Wildman–Crippen LogP) is 2.14. The Morgan fingerprint density at radius 2 is 2.35 bits per heavy atom. The van der Waals surface area contributed by atoms with Crippen LogP contribution in [-0.2, 0) is 4.79 Å². The number of hydrogen-bond acceptors (Lipinski definition) is 8. The van der Waals surface area contributed by atoms with Gasteiger partial charge in [0.25, 0.3) is 0 Å². The van der Waals surface area contributed by atoms with Gasteiger partial charge in [0.1, 0.15) is 0 Å². The van der Waals surface area contributed by atoms with Gasteiger partial charge in [0.2, 0.25) is 16.9 Å². The highest BCUT2D eigenvalue weighted by molar-refractivity contribution is 8.00. The van der Waals surface area contributed by atoms with Crippen LogP contribution in [0.25, 0.3) is 10.7 Å². The van der Waals surface area contributed by atoms with Gasteiger partial charge in [-0.1, -0.05) is 23.0 Å². The van der Waals surface area contributed by atoms with Gasteiger partial charge in [0, 0.05) is 6.07 Å². The Hall–Kier alpha value is -2.33. The molecule has 0 spiro atoms. The van der Waals surface area contributed by atoms with Crippen LogP contribution in [0, 0.1) is 6.92 Å². The van der Waals surface area contributed by atoms with E-state index in [-0.39, 0.29) is 5.91 Å². The quantitative estimate of drug-likeness (QED) is 0.535. The molecular formula is C13H14N6O2S2. The highest BCUT2D eigenvalue weighted by Crippen LogP contribution is 2.27. The highest BCUT2D eigenvalue weighted by Gasteiger charge is 2.21. The van der Waals surface area contributed by atoms with Crippen LogP contribution in [0.2, 0.25) is 0 Å². The molecule has 120 valence electrons. The second-order valence-corrected chi connectivity index (χ2v) is 6.99. The third kappa shape index (κ3) is 3.37. The van der Waals surface area contributed by atoms with Crippen molar-refractivity contribution in [3.05, 3.63) is 29.3 Å². The summed E-state index contributed by atoms with van der Waals surface area (Å²) in [7, 11) is 0. The van der Waals surface area contributed by atoms with Gasteiger partial charge in [0.15, 0.2) is 5.82 Å². The molecule has 0 fully saturated rings. The topological polar surface area (TPSA) is 112 Å². The molecule has 3 aromatic heterocycles. The summed E-state index contributed by atoms with van der Waals surface area (Å²) in [5.41, 5.74) is 0.697. The van der Waals surface area contributed by atoms with Crippen LogP contribution < -0.4 is 11.2 Å². The number of carbonyl (C=O) groups excluding carboxylic acids is 1. The summed E-state index contributed by atoms with van der Waals surface area (Å²) in [5.74, 6) is 6.67. The number of rotatable bonds is 5. The fourth-order valence-corrected chi connectivity index (χ4v) is 3.26. The van der Waals surface area contributed by atoms with Crippen LogP contribution >= 0.6 is 23.1 Å². The Kier molecular flexibility index (Phi) is 4.35. The maximum Gasteiger partial charge on any atom is 0.240 e. The molecule has 0 aliphatic heterocycles. The molecule has 23 heavy (non-hydrogen) atoms. The van der Waals surface area contributed by atoms with Crippen LogP contribution in [0.3, 0.4) is 0 Å². The number of aromatic nitrogens is 4. The predicted molar refractivity (Wildman–Crippen MR) is 88.7 cm³/mol. The van der Waals surface area contributed by atoms with E-state index in [4.69, 9.17) is 10.4 Å². The van der Waals surface area contributed by atoms with Crippen molar-refractivity contribution in [2.75, 3.05) is 11.2 Å². The van der Waals surface area contributed by atoms with Crippen LogP contribution in [0.5, 0.6) is 0 Å². The first kappa shape index (κ1) is 15.6. The molecule has 0 aliphatic carbocycles. The van der Waals surface area contributed by atoms with Gasteiger partial charge in [0.05, 0.1) is 15.8 Å². The molecule has 0 saturated carbocycles. The molecule has 0 aromatic carbocycles. The van der Waals surface area contributed by atoms with Crippen molar-refractivity contribution in [3.8, 4) is 10.7 Å². The van der Waals surface area contributed by atoms with Crippen molar-refractivity contribution in [2.24, 2.45) is 0 Å². The third-order valence-corrected chi connectivity index (χ3v) is 4.85. The first-order valence-corrected chi connectivity index (χ1v) is 8.45. The summed E-state index contributed by atoms with van der Waals surface area (Å²) in [6, 6.07) is 5.47. The Morgan fingerprint density at radius 3 is 3.00 bits per heavy atom. The van der Waals surface area contributed by atoms with E-state index in [1.54, 1.807) is 19.9 Å². The van der Waals surface area contributed by atoms with Crippen LogP contribution in [0.15, 0.2) is 33.3 Å². The van der Waals surface area contributed by atoms with Crippen molar-refractivity contribution in [1.82, 2.24) is 20.0 Å². The average Bonchev–Trinajstić information content (AvgIpc) is 3.23. The van der Waals surface area contributed by atoms with Crippen molar-refractivity contribution in [1.29, 1.82) is 0 Å². The van der Waals surface area contributed by atoms with E-state index in [9.17, 15) is 4.79 Å². The zero-order chi connectivity index (χ0) is 16.4. The zero-order valence-electron chi connectivity index (χ0n) is 12.4. The Balaban J connectivity index is 1.68. The smallest absolute Gasteiger partial charge is 0.240 e. The summed E-state index contributed by atoms with van der Waals surface area (Å²) in [5, 5.41) is 16.5. The largest absolute Gasteiger partial charge is 0.338 e. The van der Waals surface area contributed by atoms with Crippen LogP contribution in [0.4, 0.5) is 5.88 Å². The number of nitrogens with two attached hydrogens (primary N) is 1. The lowest BCUT2D eigenvalue weighted by atomic mass is 10.4. The van der Waals surface area contributed by atoms with E-state index in [0.29, 0.717) is 22.6 Å². The SMILES string of the molecule is Cc1cc(NC(=O)C(C)Sc2nnc(-c3cccs3)n2N)on1. The highest BCUT2D eigenvalue weighted by atomic mass is 32.2. The van der Waals surface area contributed by atoms with Gasteiger partial charge in [-0.25, -0.2) is 4.68 Å². The number of aryl methyl sites for hydroxylation is 1. The van der Waals surface area contributed by atoms with Gasteiger partial charge in [-0.05, 0) is 25.3 Å². The Bertz CT molecular complexity index is 810. The monoisotopic (exact) mass is 350 g/mol. The number of amides is 1. The lowest BCUT2D eigenvalue weighted by Gasteiger charge is -2.09. The van der Waals surface area contributed by atoms with E-state index in [2.05, 4.69) is 20.7 Å². The lowest BCUT2D eigenvalue weighted by Crippen LogP contribution is -2.23. The fraction of sp³-hybridized carbons (Fsp3) is 0.231. The summed E-state index contributed by atoms with van der Waals surface area (Å²) in [6.45, 7) is 3.53. The number of thioether (sulfide) groups is 1. The first-order chi connectivity index (χ1) is 11.0. The number of nitrogens with one attached hydrogen (secondary N) is 1. The summed E-state index contributed by atoms with van der Waals surface area (Å²) in [6.07, 6.45) is 0. The molecule has 0 aliphatic rings. The molecule has 3 N–H and O–H groups in total. The van der Waals surface area contributed by atoms with Gasteiger partial charge >= 0.3 is 0 Å². The molecule has 10 heteroatoms. The Labute approximate surface area is 140 Å². The summed E-state index contributed by atoms with van der Waals surface area (Å²) in [4.78, 5) is 13.1. The van der Waals surface area contributed by atoms with Gasteiger partial charge in [-0.3, -0.25) is 10.1 Å². The van der Waals surface area contributed by atoms with Crippen molar-refractivity contribution >= 4 is 34.9 Å². The summed E-state index contributed by atoms with van der Waals surface area (Å²) < 4.78 is 6.35. The Morgan fingerprint density at radius 1 is 1.52 bits per heavy atom. The minimum atomic E-state index is -0.428. The number of anilines is 1. The molecule has 3 aromatic rings. The van der Waals surface area contributed by atoms with E-state index in [0.717, 1.165) is 4.88 Å². The van der Waals surface area contributed by atoms with E-state index in [1.807, 2.05) is 17.5 Å². The number of thiophene rings is 1. The van der Waals surface area contributed by atoms with Gasteiger partial charge in [-0.2, -0.15) is 0 Å². The van der Waals surface area contributed by atoms with Gasteiger partial charge < -0.3 is 10.4 Å². The number of carbonyl (C=O) groups is 1. The average molecular weight is 350 g/mol. The zero-order valence-corrected chi connectivity index (χ0v) is 14.0. The number of hydrogen-bond donors (Lipinski definition) is 2. The lowest BCUT2D eigenvalue weighted by molar-refractivity contribution is -0.115. The molecule has 3 heterocycles. The standard InChI is InChI=1S/C13H14N6O2S2/c1-7-6-10(21-18-7)15-12(20)8(2)23-13-17-16-11(19(13)14)9-4-3-5-22-9/h3-6,8H,14H2,1-2H3,(H,15,20). The number of nitrogens with zero attached hydrogens (tertiary/aromatic N) is 4. The van der Waals surface area contributed by atoms with Crippen molar-refractivity contribution < 1.29 is 9.32 Å². The maximum absolute atomic E-state index is 12.2. The molecule has 0 bridgehead atoms. The van der Waals surface area contributed by atoms with E-state index >= 15 is 0 Å². The molecule has 0 saturated heterocycles. The minimum Gasteiger partial charge on any atom is -0.338 e. The fourth-order valence-electron chi connectivity index (χ4n) is 1.79. The van der Waals surface area contributed by atoms with E-state index in [1.165, 1.54) is 27.8 Å². The molecule has 1 atom stereocenters. The molecule has 1 unspecified atom stereocenters. The van der Waals surface area contributed by atoms with Gasteiger partial charge in [-0.15, -0.1) is 21.5 Å². The van der Waals surface area contributed by atoms with Crippen molar-refractivity contribution in [2.45, 2.75) is 24.3 Å². The molecule has 8 nitrogen and oxygen atoms in total. The van der Waals surface area contributed by atoms with E-state index < -0.39 is 5.25 Å². The molecule has 1 amide bonds. The second-order valence-electron chi connectivity index (χ2n) is 4.74. The normalized spacial score (nSPS) is 12.3. The molecule has 3 rings (SSSR count). The van der Waals surface area contributed by atoms with Crippen LogP contribution in [-0.4, -0.2) is 31.2 Å². The first-order valence-electron chi connectivity index (χ1n) is 6.70. The maximum atomic E-state index is 12.2. The van der Waals surface area contributed by atoms with Crippen molar-refractivity contribution in [3.63, 3.8) is 0 Å². The minimum absolute atomic E-state index is 0.230. The number of nitrogen functional groups attached to an aromatic ring is 1. The molecule has 0 radical (unpaired) electrons. The molecular weight excluding hydrogens is 336 g/mol. The third-order valence-electron chi connectivity index (χ3n) is 2.93. The second kappa shape index (κ2) is 6.42.